The monoisotopic (exact) mass is 455 g/mol. The number of carbonyl (C=O) groups excluding carboxylic acids is 3. The summed E-state index contributed by atoms with van der Waals surface area (Å²) in [5.41, 5.74) is 6.85. The van der Waals surface area contributed by atoms with E-state index < -0.39 is 0 Å². The number of amides is 3. The second-order valence-electron chi connectivity index (χ2n) is 7.55. The molecule has 0 saturated carbocycles. The SMILES string of the molecule is NC(=O)C1CCN(C(=O)CN2C(=O)/C(=C\c3ccccc3Cl)Sc3ccccc32)CC1. The maximum atomic E-state index is 13.3. The van der Waals surface area contributed by atoms with E-state index >= 15 is 0 Å². The summed E-state index contributed by atoms with van der Waals surface area (Å²) in [6.07, 6.45) is 2.87. The molecule has 1 fully saturated rings. The van der Waals surface area contributed by atoms with Crippen LogP contribution in [0.4, 0.5) is 5.69 Å². The van der Waals surface area contributed by atoms with Crippen molar-refractivity contribution >= 4 is 52.8 Å². The van der Waals surface area contributed by atoms with Crippen molar-refractivity contribution in [3.05, 3.63) is 64.0 Å². The minimum absolute atomic E-state index is 0.0580. The Morgan fingerprint density at radius 2 is 1.77 bits per heavy atom. The predicted octanol–water partition coefficient (Wildman–Crippen LogP) is 3.54. The van der Waals surface area contributed by atoms with Gasteiger partial charge in [-0.05, 0) is 42.7 Å². The summed E-state index contributed by atoms with van der Waals surface area (Å²) in [4.78, 5) is 42.3. The number of rotatable bonds is 4. The highest BCUT2D eigenvalue weighted by atomic mass is 35.5. The molecule has 0 atom stereocenters. The zero-order valence-corrected chi connectivity index (χ0v) is 18.4. The summed E-state index contributed by atoms with van der Waals surface area (Å²) in [6, 6.07) is 14.9. The number of likely N-dealkylation sites (tertiary alicyclic amines) is 1. The molecule has 0 spiro atoms. The lowest BCUT2D eigenvalue weighted by Crippen LogP contribution is -2.48. The van der Waals surface area contributed by atoms with Crippen LogP contribution in [0.5, 0.6) is 0 Å². The van der Waals surface area contributed by atoms with Crippen LogP contribution in [0.3, 0.4) is 0 Å². The highest BCUT2D eigenvalue weighted by Gasteiger charge is 2.33. The average molecular weight is 456 g/mol. The third-order valence-corrected chi connectivity index (χ3v) is 6.99. The molecule has 2 aliphatic rings. The van der Waals surface area contributed by atoms with Crippen molar-refractivity contribution in [3.8, 4) is 0 Å². The van der Waals surface area contributed by atoms with Crippen molar-refractivity contribution in [2.24, 2.45) is 11.7 Å². The van der Waals surface area contributed by atoms with Crippen LogP contribution in [0.15, 0.2) is 58.3 Å². The Labute approximate surface area is 190 Å². The highest BCUT2D eigenvalue weighted by Crippen LogP contribution is 2.42. The predicted molar refractivity (Wildman–Crippen MR) is 123 cm³/mol. The van der Waals surface area contributed by atoms with Gasteiger partial charge in [-0.2, -0.15) is 0 Å². The third-order valence-electron chi connectivity index (χ3n) is 5.57. The lowest BCUT2D eigenvalue weighted by atomic mass is 9.96. The van der Waals surface area contributed by atoms with E-state index in [1.165, 1.54) is 16.7 Å². The zero-order chi connectivity index (χ0) is 22.0. The molecule has 2 heterocycles. The quantitative estimate of drug-likeness (QED) is 0.714. The van der Waals surface area contributed by atoms with Gasteiger partial charge < -0.3 is 10.6 Å². The second kappa shape index (κ2) is 9.16. The molecular weight excluding hydrogens is 434 g/mol. The van der Waals surface area contributed by atoms with Gasteiger partial charge in [-0.3, -0.25) is 19.3 Å². The van der Waals surface area contributed by atoms with Crippen LogP contribution in [0.25, 0.3) is 6.08 Å². The topological polar surface area (TPSA) is 83.7 Å². The van der Waals surface area contributed by atoms with Crippen molar-refractivity contribution in [3.63, 3.8) is 0 Å². The van der Waals surface area contributed by atoms with E-state index in [-0.39, 0.29) is 30.2 Å². The molecule has 2 N–H and O–H groups in total. The van der Waals surface area contributed by atoms with E-state index in [9.17, 15) is 14.4 Å². The Hall–Kier alpha value is -2.77. The number of hydrogen-bond acceptors (Lipinski definition) is 4. The highest BCUT2D eigenvalue weighted by molar-refractivity contribution is 8.04. The second-order valence-corrected chi connectivity index (χ2v) is 9.04. The number of nitrogens with zero attached hydrogens (tertiary/aromatic N) is 2. The van der Waals surface area contributed by atoms with Gasteiger partial charge in [0.05, 0.1) is 10.6 Å². The van der Waals surface area contributed by atoms with Crippen molar-refractivity contribution < 1.29 is 14.4 Å². The van der Waals surface area contributed by atoms with E-state index in [1.807, 2.05) is 42.5 Å². The van der Waals surface area contributed by atoms with E-state index in [2.05, 4.69) is 0 Å². The van der Waals surface area contributed by atoms with Gasteiger partial charge in [0, 0.05) is 28.9 Å². The maximum absolute atomic E-state index is 13.3. The summed E-state index contributed by atoms with van der Waals surface area (Å²) >= 11 is 7.65. The Morgan fingerprint density at radius 3 is 2.48 bits per heavy atom. The number of para-hydroxylation sites is 1. The summed E-state index contributed by atoms with van der Waals surface area (Å²) in [7, 11) is 0. The molecule has 2 aromatic carbocycles. The lowest BCUT2D eigenvalue weighted by molar-refractivity contribution is -0.134. The van der Waals surface area contributed by atoms with Crippen LogP contribution in [0, 0.1) is 5.92 Å². The van der Waals surface area contributed by atoms with E-state index in [0.717, 1.165) is 10.5 Å². The molecular formula is C23H22ClN3O3S. The standard InChI is InChI=1S/C23H22ClN3O3S/c24-17-6-2-1-5-16(17)13-20-23(30)27(18-7-3-4-8-19(18)31-20)14-21(28)26-11-9-15(10-12-26)22(25)29/h1-8,13,15H,9-12,14H2,(H2,25,29)/b20-13+. The van der Waals surface area contributed by atoms with Crippen molar-refractivity contribution in [1.82, 2.24) is 4.90 Å². The largest absolute Gasteiger partial charge is 0.369 e. The first-order valence-electron chi connectivity index (χ1n) is 10.1. The molecule has 2 aromatic rings. The minimum Gasteiger partial charge on any atom is -0.369 e. The van der Waals surface area contributed by atoms with E-state index in [0.29, 0.717) is 41.5 Å². The number of benzene rings is 2. The Bertz CT molecular complexity index is 1060. The van der Waals surface area contributed by atoms with Crippen molar-refractivity contribution in [2.75, 3.05) is 24.5 Å². The normalized spacial score (nSPS) is 18.2. The average Bonchev–Trinajstić information content (AvgIpc) is 2.78. The number of halogens is 1. The molecule has 1 saturated heterocycles. The summed E-state index contributed by atoms with van der Waals surface area (Å²) < 4.78 is 0. The first-order valence-corrected chi connectivity index (χ1v) is 11.3. The Balaban J connectivity index is 1.57. The van der Waals surface area contributed by atoms with Crippen LogP contribution < -0.4 is 10.6 Å². The fraction of sp³-hybridized carbons (Fsp3) is 0.261. The number of hydrogen-bond donors (Lipinski definition) is 1. The van der Waals surface area contributed by atoms with Crippen LogP contribution in [-0.4, -0.2) is 42.3 Å². The van der Waals surface area contributed by atoms with Crippen LogP contribution in [-0.2, 0) is 14.4 Å². The molecule has 160 valence electrons. The van der Waals surface area contributed by atoms with Gasteiger partial charge in [0.15, 0.2) is 0 Å². The summed E-state index contributed by atoms with van der Waals surface area (Å²) in [5, 5.41) is 0.558. The fourth-order valence-electron chi connectivity index (χ4n) is 3.80. The first-order chi connectivity index (χ1) is 14.9. The molecule has 0 aliphatic carbocycles. The number of fused-ring (bicyclic) bond motifs is 1. The molecule has 4 rings (SSSR count). The maximum Gasteiger partial charge on any atom is 0.265 e. The van der Waals surface area contributed by atoms with Crippen molar-refractivity contribution in [1.29, 1.82) is 0 Å². The van der Waals surface area contributed by atoms with Gasteiger partial charge in [0.25, 0.3) is 5.91 Å². The van der Waals surface area contributed by atoms with E-state index in [1.54, 1.807) is 17.0 Å². The van der Waals surface area contributed by atoms with Crippen LogP contribution in [0.1, 0.15) is 18.4 Å². The molecule has 0 radical (unpaired) electrons. The zero-order valence-electron chi connectivity index (χ0n) is 16.8. The number of thioether (sulfide) groups is 1. The number of nitrogens with two attached hydrogens (primary N) is 1. The van der Waals surface area contributed by atoms with Crippen LogP contribution in [0.2, 0.25) is 5.02 Å². The first kappa shape index (κ1) is 21.5. The number of primary amides is 1. The molecule has 8 heteroatoms. The third kappa shape index (κ3) is 4.62. The van der Waals surface area contributed by atoms with Gasteiger partial charge in [0.2, 0.25) is 11.8 Å². The number of piperidine rings is 1. The molecule has 0 unspecified atom stereocenters. The Kier molecular flexibility index (Phi) is 6.34. The molecule has 0 aromatic heterocycles. The molecule has 6 nitrogen and oxygen atoms in total. The van der Waals surface area contributed by atoms with E-state index in [4.69, 9.17) is 17.3 Å². The molecule has 31 heavy (non-hydrogen) atoms. The van der Waals surface area contributed by atoms with Gasteiger partial charge in [0.1, 0.15) is 6.54 Å². The molecule has 2 aliphatic heterocycles. The van der Waals surface area contributed by atoms with Crippen molar-refractivity contribution in [2.45, 2.75) is 17.7 Å². The summed E-state index contributed by atoms with van der Waals surface area (Å²) in [5.74, 6) is -0.888. The number of anilines is 1. The van der Waals surface area contributed by atoms with Gasteiger partial charge >= 0.3 is 0 Å². The lowest BCUT2D eigenvalue weighted by Gasteiger charge is -2.34. The van der Waals surface area contributed by atoms with Crippen LogP contribution >= 0.6 is 23.4 Å². The molecule has 3 amide bonds. The Morgan fingerprint density at radius 1 is 1.10 bits per heavy atom. The fourth-order valence-corrected chi connectivity index (χ4v) is 5.04. The summed E-state index contributed by atoms with van der Waals surface area (Å²) in [6.45, 7) is 0.873. The van der Waals surface area contributed by atoms with Gasteiger partial charge in [-0.1, -0.05) is 53.7 Å². The molecule has 0 bridgehead atoms. The van der Waals surface area contributed by atoms with Gasteiger partial charge in [-0.15, -0.1) is 0 Å². The smallest absolute Gasteiger partial charge is 0.265 e. The van der Waals surface area contributed by atoms with Gasteiger partial charge in [-0.25, -0.2) is 0 Å². The number of carbonyl (C=O) groups is 3. The minimum atomic E-state index is -0.321.